The molecule has 0 bridgehead atoms. The molecular weight excluding hydrogens is 328 g/mol. The van der Waals surface area contributed by atoms with Crippen LogP contribution in [0.1, 0.15) is 37.3 Å². The predicted molar refractivity (Wildman–Crippen MR) is 77.6 cm³/mol. The number of carbonyl (C=O) groups excluding carboxylic acids is 2. The number of hydrogen-bond acceptors (Lipinski definition) is 3. The van der Waals surface area contributed by atoms with Gasteiger partial charge in [-0.3, -0.25) is 9.59 Å². The van der Waals surface area contributed by atoms with Crippen molar-refractivity contribution >= 4 is 11.8 Å². The SMILES string of the molecule is CCOC(=O)C(Cc1cc(F)cc(C(F)(F)F)c1)C(=O)C1CCC1. The average Bonchev–Trinajstić information content (AvgIpc) is 2.41. The number of rotatable bonds is 6. The average molecular weight is 346 g/mol. The molecule has 1 aromatic carbocycles. The summed E-state index contributed by atoms with van der Waals surface area (Å²) in [6.07, 6.45) is -2.80. The third-order valence-electron chi connectivity index (χ3n) is 4.15. The molecule has 0 radical (unpaired) electrons. The molecule has 1 aromatic rings. The minimum atomic E-state index is -4.70. The summed E-state index contributed by atoms with van der Waals surface area (Å²) in [5, 5.41) is 0. The van der Waals surface area contributed by atoms with E-state index in [0.717, 1.165) is 18.6 Å². The quantitative estimate of drug-likeness (QED) is 0.445. The van der Waals surface area contributed by atoms with Crippen LogP contribution < -0.4 is 0 Å². The van der Waals surface area contributed by atoms with Crippen molar-refractivity contribution in [1.82, 2.24) is 0 Å². The van der Waals surface area contributed by atoms with Gasteiger partial charge in [-0.1, -0.05) is 6.42 Å². The summed E-state index contributed by atoms with van der Waals surface area (Å²) in [5.41, 5.74) is -1.19. The highest BCUT2D eigenvalue weighted by Gasteiger charge is 2.37. The van der Waals surface area contributed by atoms with Gasteiger partial charge in [0, 0.05) is 5.92 Å². The van der Waals surface area contributed by atoms with Crippen LogP contribution >= 0.6 is 0 Å². The Bertz CT molecular complexity index is 621. The fraction of sp³-hybridized carbons (Fsp3) is 0.529. The molecule has 0 spiro atoms. The maximum Gasteiger partial charge on any atom is 0.416 e. The zero-order valence-electron chi connectivity index (χ0n) is 13.2. The van der Waals surface area contributed by atoms with Crippen LogP contribution in [-0.2, 0) is 26.9 Å². The Hall–Kier alpha value is -1.92. The van der Waals surface area contributed by atoms with Crippen molar-refractivity contribution in [2.24, 2.45) is 11.8 Å². The van der Waals surface area contributed by atoms with E-state index in [1.54, 1.807) is 6.92 Å². The molecule has 24 heavy (non-hydrogen) atoms. The molecule has 1 saturated carbocycles. The second-order valence-electron chi connectivity index (χ2n) is 5.88. The minimum absolute atomic E-state index is 0.0481. The van der Waals surface area contributed by atoms with Gasteiger partial charge in [0.25, 0.3) is 0 Å². The molecule has 2 rings (SSSR count). The molecule has 7 heteroatoms. The van der Waals surface area contributed by atoms with Crippen LogP contribution in [0.5, 0.6) is 0 Å². The Kier molecular flexibility index (Phi) is 5.62. The zero-order chi connectivity index (χ0) is 17.9. The third kappa shape index (κ3) is 4.33. The van der Waals surface area contributed by atoms with Crippen LogP contribution in [0.3, 0.4) is 0 Å². The van der Waals surface area contributed by atoms with Crippen LogP contribution in [0.15, 0.2) is 18.2 Å². The van der Waals surface area contributed by atoms with Crippen LogP contribution in [0, 0.1) is 17.7 Å². The number of benzene rings is 1. The van der Waals surface area contributed by atoms with Crippen LogP contribution in [0.2, 0.25) is 0 Å². The molecule has 0 N–H and O–H groups in total. The molecule has 0 heterocycles. The van der Waals surface area contributed by atoms with Crippen molar-refractivity contribution in [3.05, 3.63) is 35.1 Å². The first-order valence-corrected chi connectivity index (χ1v) is 7.79. The first-order valence-electron chi connectivity index (χ1n) is 7.79. The van der Waals surface area contributed by atoms with Gasteiger partial charge >= 0.3 is 12.1 Å². The molecule has 0 amide bonds. The first-order chi connectivity index (χ1) is 11.2. The van der Waals surface area contributed by atoms with Gasteiger partial charge in [0.05, 0.1) is 12.2 Å². The lowest BCUT2D eigenvalue weighted by Gasteiger charge is -2.27. The van der Waals surface area contributed by atoms with Crippen LogP contribution in [-0.4, -0.2) is 18.4 Å². The van der Waals surface area contributed by atoms with Crippen molar-refractivity contribution in [2.45, 2.75) is 38.8 Å². The number of hydrogen-bond donors (Lipinski definition) is 0. The van der Waals surface area contributed by atoms with E-state index in [1.165, 1.54) is 0 Å². The van der Waals surface area contributed by atoms with Crippen molar-refractivity contribution in [3.63, 3.8) is 0 Å². The van der Waals surface area contributed by atoms with E-state index < -0.39 is 29.4 Å². The summed E-state index contributed by atoms with van der Waals surface area (Å²) >= 11 is 0. The van der Waals surface area contributed by atoms with E-state index >= 15 is 0 Å². The van der Waals surface area contributed by atoms with E-state index in [1.807, 2.05) is 0 Å². The predicted octanol–water partition coefficient (Wildman–Crippen LogP) is 3.94. The smallest absolute Gasteiger partial charge is 0.416 e. The van der Waals surface area contributed by atoms with E-state index in [0.29, 0.717) is 18.9 Å². The van der Waals surface area contributed by atoms with Gasteiger partial charge in [0.1, 0.15) is 11.7 Å². The van der Waals surface area contributed by atoms with Gasteiger partial charge in [-0.25, -0.2) is 4.39 Å². The van der Waals surface area contributed by atoms with E-state index in [4.69, 9.17) is 4.74 Å². The Balaban J connectivity index is 2.26. The number of Topliss-reactive ketones (excluding diaryl/α,β-unsaturated/α-hetero) is 1. The molecule has 1 atom stereocenters. The fourth-order valence-electron chi connectivity index (χ4n) is 2.69. The molecule has 1 aliphatic carbocycles. The van der Waals surface area contributed by atoms with Crippen LogP contribution in [0.4, 0.5) is 17.6 Å². The van der Waals surface area contributed by atoms with E-state index in [-0.39, 0.29) is 30.3 Å². The second-order valence-corrected chi connectivity index (χ2v) is 5.88. The largest absolute Gasteiger partial charge is 0.465 e. The molecule has 132 valence electrons. The number of esters is 1. The Morgan fingerprint density at radius 1 is 1.25 bits per heavy atom. The number of halogens is 4. The maximum absolute atomic E-state index is 13.5. The van der Waals surface area contributed by atoms with Crippen LogP contribution in [0.25, 0.3) is 0 Å². The van der Waals surface area contributed by atoms with Gasteiger partial charge in [-0.15, -0.1) is 0 Å². The Morgan fingerprint density at radius 3 is 2.42 bits per heavy atom. The lowest BCUT2D eigenvalue weighted by atomic mass is 9.76. The highest BCUT2D eigenvalue weighted by molar-refractivity contribution is 6.00. The van der Waals surface area contributed by atoms with Crippen molar-refractivity contribution in [2.75, 3.05) is 6.61 Å². The highest BCUT2D eigenvalue weighted by atomic mass is 19.4. The zero-order valence-corrected chi connectivity index (χ0v) is 13.2. The topological polar surface area (TPSA) is 43.4 Å². The molecule has 0 saturated heterocycles. The molecule has 1 fully saturated rings. The summed E-state index contributed by atoms with van der Waals surface area (Å²) in [7, 11) is 0. The van der Waals surface area contributed by atoms with Gasteiger partial charge < -0.3 is 4.74 Å². The fourth-order valence-corrected chi connectivity index (χ4v) is 2.69. The lowest BCUT2D eigenvalue weighted by Crippen LogP contribution is -2.35. The van der Waals surface area contributed by atoms with Crippen molar-refractivity contribution in [1.29, 1.82) is 0 Å². The van der Waals surface area contributed by atoms with Gasteiger partial charge in [-0.05, 0) is 49.9 Å². The summed E-state index contributed by atoms with van der Waals surface area (Å²) in [6.45, 7) is 1.64. The molecule has 1 unspecified atom stereocenters. The summed E-state index contributed by atoms with van der Waals surface area (Å²) < 4.78 is 56.7. The molecule has 0 aliphatic heterocycles. The number of ketones is 1. The van der Waals surface area contributed by atoms with Gasteiger partial charge in [0.2, 0.25) is 0 Å². The van der Waals surface area contributed by atoms with Crippen molar-refractivity contribution in [3.8, 4) is 0 Å². The third-order valence-corrected chi connectivity index (χ3v) is 4.15. The highest BCUT2D eigenvalue weighted by Crippen LogP contribution is 2.33. The minimum Gasteiger partial charge on any atom is -0.465 e. The van der Waals surface area contributed by atoms with Crippen molar-refractivity contribution < 1.29 is 31.9 Å². The summed E-state index contributed by atoms with van der Waals surface area (Å²) in [5.74, 6) is -3.63. The monoisotopic (exact) mass is 346 g/mol. The summed E-state index contributed by atoms with van der Waals surface area (Å²) in [6, 6.07) is 2.06. The van der Waals surface area contributed by atoms with Gasteiger partial charge in [0.15, 0.2) is 5.78 Å². The maximum atomic E-state index is 13.5. The first kappa shape index (κ1) is 18.4. The lowest BCUT2D eigenvalue weighted by molar-refractivity contribution is -0.153. The second kappa shape index (κ2) is 7.32. The van der Waals surface area contributed by atoms with E-state index in [9.17, 15) is 27.2 Å². The Labute approximate surface area is 137 Å². The number of carbonyl (C=O) groups is 2. The number of ether oxygens (including phenoxy) is 1. The van der Waals surface area contributed by atoms with E-state index in [2.05, 4.69) is 0 Å². The number of alkyl halides is 3. The normalized spacial score (nSPS) is 16.4. The molecular formula is C17H18F4O3. The molecule has 0 aromatic heterocycles. The standard InChI is InChI=1S/C17H18F4O3/c1-2-24-16(23)14(15(22)11-4-3-5-11)8-10-6-12(17(19,20)21)9-13(18)7-10/h6-7,9,11,14H,2-5,8H2,1H3. The Morgan fingerprint density at radius 2 is 1.92 bits per heavy atom. The molecule has 3 nitrogen and oxygen atoms in total. The van der Waals surface area contributed by atoms with Gasteiger partial charge in [-0.2, -0.15) is 13.2 Å². The summed E-state index contributed by atoms with van der Waals surface area (Å²) in [4.78, 5) is 24.4. The molecule has 1 aliphatic rings.